The van der Waals surface area contributed by atoms with Gasteiger partial charge in [-0.05, 0) is 42.3 Å². The molecule has 0 aliphatic heterocycles. The molecule has 94 valence electrons. The zero-order valence-corrected chi connectivity index (χ0v) is 12.2. The fraction of sp³-hybridized carbons (Fsp3) is 0.214. The lowest BCUT2D eigenvalue weighted by Crippen LogP contribution is -2.01. The maximum absolute atomic E-state index is 12.1. The number of halogens is 2. The van der Waals surface area contributed by atoms with Gasteiger partial charge in [0.15, 0.2) is 5.78 Å². The minimum Gasteiger partial charge on any atom is -0.293 e. The summed E-state index contributed by atoms with van der Waals surface area (Å²) < 4.78 is 0. The Balaban J connectivity index is 2.18. The zero-order valence-electron chi connectivity index (χ0n) is 9.87. The molecule has 0 spiro atoms. The molecule has 1 aromatic carbocycles. The van der Waals surface area contributed by atoms with Crippen LogP contribution >= 0.6 is 34.5 Å². The third kappa shape index (κ3) is 3.14. The number of carbonyl (C=O) groups is 1. The lowest BCUT2D eigenvalue weighted by Gasteiger charge is -2.03. The van der Waals surface area contributed by atoms with Crippen molar-refractivity contribution in [3.8, 4) is 0 Å². The highest BCUT2D eigenvalue weighted by Crippen LogP contribution is 2.24. The summed E-state index contributed by atoms with van der Waals surface area (Å²) in [5.41, 5.74) is 0.778. The third-order valence-corrected chi connectivity index (χ3v) is 4.52. The number of aryl methyl sites for hydroxylation is 1. The summed E-state index contributed by atoms with van der Waals surface area (Å²) >= 11 is 13.5. The van der Waals surface area contributed by atoms with Crippen LogP contribution in [0.2, 0.25) is 10.0 Å². The van der Waals surface area contributed by atoms with Gasteiger partial charge in [0, 0.05) is 21.3 Å². The number of hydrogen-bond acceptors (Lipinski definition) is 2. The van der Waals surface area contributed by atoms with Gasteiger partial charge in [-0.25, -0.2) is 0 Å². The first-order chi connectivity index (χ1) is 8.60. The van der Waals surface area contributed by atoms with Crippen molar-refractivity contribution < 1.29 is 4.79 Å². The fourth-order valence-corrected chi connectivity index (χ4v) is 2.92. The number of Topliss-reactive ketones (excluding diaryl/α,β-unsaturated/α-hetero) is 1. The molecule has 0 bridgehead atoms. The van der Waals surface area contributed by atoms with Crippen LogP contribution in [0.1, 0.15) is 27.0 Å². The van der Waals surface area contributed by atoms with Gasteiger partial charge in [-0.15, -0.1) is 11.3 Å². The smallest absolute Gasteiger partial charge is 0.177 e. The van der Waals surface area contributed by atoms with Gasteiger partial charge in [-0.2, -0.15) is 0 Å². The molecule has 0 saturated carbocycles. The first-order valence-electron chi connectivity index (χ1n) is 5.66. The second kappa shape index (κ2) is 5.87. The van der Waals surface area contributed by atoms with Gasteiger partial charge in [-0.1, -0.05) is 30.1 Å². The Morgan fingerprint density at radius 3 is 2.67 bits per heavy atom. The predicted octanol–water partition coefficient (Wildman–Crippen LogP) is 5.04. The van der Waals surface area contributed by atoms with Crippen LogP contribution in [0.15, 0.2) is 30.3 Å². The van der Waals surface area contributed by atoms with E-state index in [-0.39, 0.29) is 5.78 Å². The van der Waals surface area contributed by atoms with Crippen molar-refractivity contribution in [1.82, 2.24) is 0 Å². The maximum Gasteiger partial charge on any atom is 0.177 e. The van der Waals surface area contributed by atoms with Gasteiger partial charge in [0.1, 0.15) is 0 Å². The SMILES string of the molecule is CCc1ccc(C(=O)Cc2cc(Cl)ccc2Cl)s1. The summed E-state index contributed by atoms with van der Waals surface area (Å²) in [4.78, 5) is 14.1. The van der Waals surface area contributed by atoms with E-state index in [4.69, 9.17) is 23.2 Å². The Hall–Kier alpha value is -0.830. The van der Waals surface area contributed by atoms with Crippen LogP contribution in [0.4, 0.5) is 0 Å². The number of benzene rings is 1. The van der Waals surface area contributed by atoms with E-state index in [0.717, 1.165) is 16.9 Å². The van der Waals surface area contributed by atoms with E-state index in [2.05, 4.69) is 6.92 Å². The average Bonchev–Trinajstić information content (AvgIpc) is 2.82. The van der Waals surface area contributed by atoms with Crippen LogP contribution in [0.5, 0.6) is 0 Å². The molecule has 18 heavy (non-hydrogen) atoms. The minimum atomic E-state index is 0.0869. The molecule has 0 radical (unpaired) electrons. The van der Waals surface area contributed by atoms with E-state index >= 15 is 0 Å². The largest absolute Gasteiger partial charge is 0.293 e. The van der Waals surface area contributed by atoms with Crippen molar-refractivity contribution in [2.45, 2.75) is 19.8 Å². The molecular formula is C14H12Cl2OS. The van der Waals surface area contributed by atoms with Crippen molar-refractivity contribution in [2.75, 3.05) is 0 Å². The Morgan fingerprint density at radius 2 is 2.00 bits per heavy atom. The second-order valence-electron chi connectivity index (χ2n) is 3.96. The van der Waals surface area contributed by atoms with Crippen LogP contribution in [0, 0.1) is 0 Å². The summed E-state index contributed by atoms with van der Waals surface area (Å²) in [7, 11) is 0. The Bertz CT molecular complexity index is 575. The third-order valence-electron chi connectivity index (χ3n) is 2.64. The van der Waals surface area contributed by atoms with Crippen molar-refractivity contribution in [1.29, 1.82) is 0 Å². The lowest BCUT2D eigenvalue weighted by molar-refractivity contribution is 0.0997. The lowest BCUT2D eigenvalue weighted by atomic mass is 10.1. The van der Waals surface area contributed by atoms with Gasteiger partial charge in [0.2, 0.25) is 0 Å². The topological polar surface area (TPSA) is 17.1 Å². The number of thiophene rings is 1. The molecule has 1 nitrogen and oxygen atoms in total. The normalized spacial score (nSPS) is 10.6. The molecule has 0 unspecified atom stereocenters. The van der Waals surface area contributed by atoms with Gasteiger partial charge in [0.05, 0.1) is 4.88 Å². The summed E-state index contributed by atoms with van der Waals surface area (Å²) in [6.45, 7) is 2.08. The quantitative estimate of drug-likeness (QED) is 0.723. The van der Waals surface area contributed by atoms with Crippen LogP contribution < -0.4 is 0 Å². The molecule has 4 heteroatoms. The van der Waals surface area contributed by atoms with Gasteiger partial charge >= 0.3 is 0 Å². The summed E-state index contributed by atoms with van der Waals surface area (Å²) in [6.07, 6.45) is 1.25. The summed E-state index contributed by atoms with van der Waals surface area (Å²) in [5.74, 6) is 0.0869. The molecule has 0 amide bonds. The molecule has 2 rings (SSSR count). The first kappa shape index (κ1) is 13.6. The maximum atomic E-state index is 12.1. The zero-order chi connectivity index (χ0) is 13.1. The van der Waals surface area contributed by atoms with E-state index in [1.54, 1.807) is 29.5 Å². The van der Waals surface area contributed by atoms with Gasteiger partial charge < -0.3 is 0 Å². The van der Waals surface area contributed by atoms with Crippen LogP contribution in [0.3, 0.4) is 0 Å². The highest BCUT2D eigenvalue weighted by molar-refractivity contribution is 7.14. The number of carbonyl (C=O) groups excluding carboxylic acids is 1. The standard InChI is InChI=1S/C14H12Cl2OS/c1-2-11-4-6-14(18-11)13(17)8-9-7-10(15)3-5-12(9)16/h3-7H,2,8H2,1H3. The summed E-state index contributed by atoms with van der Waals surface area (Å²) in [5, 5.41) is 1.18. The Kier molecular flexibility index (Phi) is 4.44. The monoisotopic (exact) mass is 298 g/mol. The molecular weight excluding hydrogens is 287 g/mol. The molecule has 1 heterocycles. The minimum absolute atomic E-state index is 0.0869. The molecule has 1 aromatic heterocycles. The van der Waals surface area contributed by atoms with Crippen molar-refractivity contribution in [3.05, 3.63) is 55.7 Å². The van der Waals surface area contributed by atoms with E-state index in [0.29, 0.717) is 16.5 Å². The molecule has 0 aliphatic rings. The van der Waals surface area contributed by atoms with Gasteiger partial charge in [0.25, 0.3) is 0 Å². The molecule has 2 aromatic rings. The Labute approximate surface area is 120 Å². The highest BCUT2D eigenvalue weighted by Gasteiger charge is 2.12. The van der Waals surface area contributed by atoms with Crippen molar-refractivity contribution in [3.63, 3.8) is 0 Å². The highest BCUT2D eigenvalue weighted by atomic mass is 35.5. The number of rotatable bonds is 4. The van der Waals surface area contributed by atoms with Crippen molar-refractivity contribution in [2.24, 2.45) is 0 Å². The van der Waals surface area contributed by atoms with E-state index in [1.807, 2.05) is 12.1 Å². The van der Waals surface area contributed by atoms with E-state index in [1.165, 1.54) is 4.88 Å². The van der Waals surface area contributed by atoms with Crippen LogP contribution in [0.25, 0.3) is 0 Å². The van der Waals surface area contributed by atoms with Crippen molar-refractivity contribution >= 4 is 40.3 Å². The fourth-order valence-electron chi connectivity index (χ4n) is 1.66. The van der Waals surface area contributed by atoms with Gasteiger partial charge in [-0.3, -0.25) is 4.79 Å². The molecule has 0 N–H and O–H groups in total. The Morgan fingerprint density at radius 1 is 1.22 bits per heavy atom. The summed E-state index contributed by atoms with van der Waals surface area (Å²) in [6, 6.07) is 9.06. The molecule has 0 fully saturated rings. The van der Waals surface area contributed by atoms with E-state index < -0.39 is 0 Å². The predicted molar refractivity (Wildman–Crippen MR) is 78.2 cm³/mol. The number of hydrogen-bond donors (Lipinski definition) is 0. The van der Waals surface area contributed by atoms with Crippen LogP contribution in [-0.4, -0.2) is 5.78 Å². The molecule has 0 atom stereocenters. The van der Waals surface area contributed by atoms with E-state index in [9.17, 15) is 4.79 Å². The molecule has 0 saturated heterocycles. The molecule has 0 aliphatic carbocycles. The first-order valence-corrected chi connectivity index (χ1v) is 7.23. The van der Waals surface area contributed by atoms with Crippen LogP contribution in [-0.2, 0) is 12.8 Å². The second-order valence-corrected chi connectivity index (χ2v) is 5.97. The average molecular weight is 299 g/mol. The number of ketones is 1.